The standard InChI is InChI=1S/C12H7ClN2O2/c1-7-4-11(16)15(12(7)17)10-5-9(13)3-2-8(10)6-14/h2-5H,1H3. The molecule has 0 radical (unpaired) electrons. The molecule has 0 unspecified atom stereocenters. The number of benzene rings is 1. The lowest BCUT2D eigenvalue weighted by molar-refractivity contribution is -0.120. The third-order valence-corrected chi connectivity index (χ3v) is 2.66. The minimum atomic E-state index is -0.453. The number of imide groups is 1. The summed E-state index contributed by atoms with van der Waals surface area (Å²) in [6, 6.07) is 6.38. The van der Waals surface area contributed by atoms with Gasteiger partial charge in [0, 0.05) is 16.7 Å². The van der Waals surface area contributed by atoms with Gasteiger partial charge in [-0.3, -0.25) is 9.59 Å². The van der Waals surface area contributed by atoms with Gasteiger partial charge in [0.15, 0.2) is 0 Å². The van der Waals surface area contributed by atoms with E-state index in [1.165, 1.54) is 24.3 Å². The van der Waals surface area contributed by atoms with Crippen LogP contribution in [-0.2, 0) is 9.59 Å². The topological polar surface area (TPSA) is 61.2 Å². The highest BCUT2D eigenvalue weighted by Gasteiger charge is 2.31. The zero-order chi connectivity index (χ0) is 12.6. The third kappa shape index (κ3) is 1.81. The van der Waals surface area contributed by atoms with Crippen molar-refractivity contribution in [3.8, 4) is 6.07 Å². The third-order valence-electron chi connectivity index (χ3n) is 2.42. The molecule has 0 aromatic heterocycles. The Morgan fingerprint density at radius 3 is 2.59 bits per heavy atom. The molecule has 0 fully saturated rings. The van der Waals surface area contributed by atoms with Gasteiger partial charge < -0.3 is 0 Å². The molecule has 1 aromatic carbocycles. The normalized spacial score (nSPS) is 14.9. The highest BCUT2D eigenvalue weighted by molar-refractivity contribution is 6.33. The molecule has 17 heavy (non-hydrogen) atoms. The molecule has 2 amide bonds. The van der Waals surface area contributed by atoms with E-state index in [0.717, 1.165) is 4.90 Å². The minimum Gasteiger partial charge on any atom is -0.269 e. The monoisotopic (exact) mass is 246 g/mol. The minimum absolute atomic E-state index is 0.225. The lowest BCUT2D eigenvalue weighted by Crippen LogP contribution is -2.31. The van der Waals surface area contributed by atoms with E-state index in [9.17, 15) is 9.59 Å². The second-order valence-corrected chi connectivity index (χ2v) is 4.02. The highest BCUT2D eigenvalue weighted by atomic mass is 35.5. The molecule has 0 saturated carbocycles. The number of anilines is 1. The van der Waals surface area contributed by atoms with Crippen molar-refractivity contribution in [3.05, 3.63) is 40.4 Å². The Balaban J connectivity index is 2.56. The maximum Gasteiger partial charge on any atom is 0.261 e. The maximum atomic E-state index is 11.8. The number of hydrogen-bond acceptors (Lipinski definition) is 3. The van der Waals surface area contributed by atoms with Gasteiger partial charge >= 0.3 is 0 Å². The van der Waals surface area contributed by atoms with E-state index >= 15 is 0 Å². The number of carbonyl (C=O) groups excluding carboxylic acids is 2. The van der Waals surface area contributed by atoms with Crippen LogP contribution in [0.3, 0.4) is 0 Å². The van der Waals surface area contributed by atoms with E-state index < -0.39 is 11.8 Å². The van der Waals surface area contributed by atoms with Crippen molar-refractivity contribution in [3.63, 3.8) is 0 Å². The van der Waals surface area contributed by atoms with Crippen LogP contribution in [0.2, 0.25) is 5.02 Å². The van der Waals surface area contributed by atoms with Crippen molar-refractivity contribution in [2.24, 2.45) is 0 Å². The molecule has 0 aliphatic carbocycles. The molecule has 0 bridgehead atoms. The zero-order valence-electron chi connectivity index (χ0n) is 8.90. The lowest BCUT2D eigenvalue weighted by atomic mass is 10.1. The van der Waals surface area contributed by atoms with Crippen molar-refractivity contribution < 1.29 is 9.59 Å². The second kappa shape index (κ2) is 4.04. The molecule has 84 valence electrons. The summed E-state index contributed by atoms with van der Waals surface area (Å²) in [6.45, 7) is 1.55. The first-order chi connectivity index (χ1) is 8.04. The van der Waals surface area contributed by atoms with E-state index in [0.29, 0.717) is 10.6 Å². The van der Waals surface area contributed by atoms with Crippen molar-refractivity contribution in [2.75, 3.05) is 4.90 Å². The van der Waals surface area contributed by atoms with E-state index in [4.69, 9.17) is 16.9 Å². The predicted molar refractivity (Wildman–Crippen MR) is 62.4 cm³/mol. The number of rotatable bonds is 1. The number of hydrogen-bond donors (Lipinski definition) is 0. The van der Waals surface area contributed by atoms with E-state index in [-0.39, 0.29) is 11.3 Å². The largest absolute Gasteiger partial charge is 0.269 e. The van der Waals surface area contributed by atoms with Crippen LogP contribution in [0.4, 0.5) is 5.69 Å². The molecular formula is C12H7ClN2O2. The van der Waals surface area contributed by atoms with Crippen LogP contribution in [-0.4, -0.2) is 11.8 Å². The van der Waals surface area contributed by atoms with Crippen molar-refractivity contribution in [1.29, 1.82) is 5.26 Å². The summed E-state index contributed by atoms with van der Waals surface area (Å²) >= 11 is 5.81. The summed E-state index contributed by atoms with van der Waals surface area (Å²) in [6.07, 6.45) is 1.24. The Morgan fingerprint density at radius 2 is 2.06 bits per heavy atom. The summed E-state index contributed by atoms with van der Waals surface area (Å²) in [5, 5.41) is 9.31. The Bertz CT molecular complexity index is 599. The van der Waals surface area contributed by atoms with Gasteiger partial charge in [-0.1, -0.05) is 11.6 Å². The molecule has 1 heterocycles. The molecular weight excluding hydrogens is 240 g/mol. The van der Waals surface area contributed by atoms with Crippen LogP contribution < -0.4 is 4.90 Å². The fraction of sp³-hybridized carbons (Fsp3) is 0.0833. The van der Waals surface area contributed by atoms with Crippen LogP contribution in [0.25, 0.3) is 0 Å². The average Bonchev–Trinajstić information content (AvgIpc) is 2.53. The Kier molecular flexibility index (Phi) is 2.70. The van der Waals surface area contributed by atoms with Gasteiger partial charge in [0.2, 0.25) is 0 Å². The first-order valence-corrected chi connectivity index (χ1v) is 5.19. The molecule has 1 aromatic rings. The quantitative estimate of drug-likeness (QED) is 0.713. The number of halogens is 1. The molecule has 0 atom stereocenters. The summed E-state index contributed by atoms with van der Waals surface area (Å²) in [4.78, 5) is 24.4. The van der Waals surface area contributed by atoms with Gasteiger partial charge in [-0.15, -0.1) is 0 Å². The smallest absolute Gasteiger partial charge is 0.261 e. The lowest BCUT2D eigenvalue weighted by Gasteiger charge is -2.16. The molecule has 2 rings (SSSR count). The highest BCUT2D eigenvalue weighted by Crippen LogP contribution is 2.28. The first kappa shape index (κ1) is 11.4. The van der Waals surface area contributed by atoms with Gasteiger partial charge in [0.1, 0.15) is 6.07 Å². The molecule has 0 saturated heterocycles. The van der Waals surface area contributed by atoms with Crippen LogP contribution in [0.15, 0.2) is 29.8 Å². The fourth-order valence-corrected chi connectivity index (χ4v) is 1.77. The number of amides is 2. The van der Waals surface area contributed by atoms with E-state index in [1.54, 1.807) is 6.92 Å². The first-order valence-electron chi connectivity index (χ1n) is 4.81. The molecule has 5 heteroatoms. The van der Waals surface area contributed by atoms with Crippen molar-refractivity contribution >= 4 is 29.1 Å². The van der Waals surface area contributed by atoms with Crippen LogP contribution in [0, 0.1) is 11.3 Å². The van der Waals surface area contributed by atoms with E-state index in [2.05, 4.69) is 0 Å². The second-order valence-electron chi connectivity index (χ2n) is 3.58. The number of carbonyl (C=O) groups is 2. The fourth-order valence-electron chi connectivity index (χ4n) is 1.60. The zero-order valence-corrected chi connectivity index (χ0v) is 9.65. The number of nitrogens with zero attached hydrogens (tertiary/aromatic N) is 2. The van der Waals surface area contributed by atoms with Gasteiger partial charge in [0.05, 0.1) is 11.3 Å². The SMILES string of the molecule is CC1=CC(=O)N(c2cc(Cl)ccc2C#N)C1=O. The predicted octanol–water partition coefficient (Wildman–Crippen LogP) is 2.03. The van der Waals surface area contributed by atoms with E-state index in [1.807, 2.05) is 6.07 Å². The Morgan fingerprint density at radius 1 is 1.35 bits per heavy atom. The van der Waals surface area contributed by atoms with Crippen LogP contribution in [0.5, 0.6) is 0 Å². The summed E-state index contributed by atoms with van der Waals surface area (Å²) in [5.41, 5.74) is 0.807. The maximum absolute atomic E-state index is 11.8. The van der Waals surface area contributed by atoms with Gasteiger partial charge in [-0.05, 0) is 25.1 Å². The van der Waals surface area contributed by atoms with Gasteiger partial charge in [-0.25, -0.2) is 4.90 Å². The van der Waals surface area contributed by atoms with Gasteiger partial charge in [0.25, 0.3) is 11.8 Å². The van der Waals surface area contributed by atoms with Crippen molar-refractivity contribution in [2.45, 2.75) is 6.92 Å². The Labute approximate surface area is 103 Å². The van der Waals surface area contributed by atoms with Crippen LogP contribution in [0.1, 0.15) is 12.5 Å². The number of nitriles is 1. The summed E-state index contributed by atoms with van der Waals surface area (Å²) < 4.78 is 0. The average molecular weight is 247 g/mol. The Hall–Kier alpha value is -2.12. The van der Waals surface area contributed by atoms with Gasteiger partial charge in [-0.2, -0.15) is 5.26 Å². The molecule has 4 nitrogen and oxygen atoms in total. The summed E-state index contributed by atoms with van der Waals surface area (Å²) in [7, 11) is 0. The van der Waals surface area contributed by atoms with Crippen molar-refractivity contribution in [1.82, 2.24) is 0 Å². The molecule has 1 aliphatic rings. The summed E-state index contributed by atoms with van der Waals surface area (Å²) in [5.74, 6) is -0.875. The molecule has 1 aliphatic heterocycles. The molecule has 0 spiro atoms. The van der Waals surface area contributed by atoms with Crippen LogP contribution >= 0.6 is 11.6 Å². The molecule has 0 N–H and O–H groups in total.